The van der Waals surface area contributed by atoms with E-state index in [-0.39, 0.29) is 11.9 Å². The Labute approximate surface area is 186 Å². The van der Waals surface area contributed by atoms with Crippen LogP contribution >= 0.6 is 0 Å². The zero-order chi connectivity index (χ0) is 21.9. The first-order valence-electron chi connectivity index (χ1n) is 10.7. The standard InChI is InChI=1S/C26H23N3O3/c1-31-22-15-13-21(14-16-22)26(30)29-17-5-8-23(29)25-28-27-24(32-25)20-11-9-19(10-12-20)18-6-3-2-4-7-18/h2-4,6-7,9-16,23H,5,8,17H2,1H3. The number of rotatable bonds is 5. The van der Waals surface area contributed by atoms with Gasteiger partial charge in [0.05, 0.1) is 7.11 Å². The normalized spacial score (nSPS) is 15.7. The second-order valence-electron chi connectivity index (χ2n) is 7.77. The van der Waals surface area contributed by atoms with Crippen molar-refractivity contribution in [2.75, 3.05) is 13.7 Å². The molecule has 1 atom stereocenters. The van der Waals surface area contributed by atoms with Crippen LogP contribution in [0.1, 0.15) is 35.1 Å². The number of nitrogens with zero attached hydrogens (tertiary/aromatic N) is 3. The molecule has 6 nitrogen and oxygen atoms in total. The van der Waals surface area contributed by atoms with E-state index in [9.17, 15) is 4.79 Å². The fourth-order valence-electron chi connectivity index (χ4n) is 4.09. The summed E-state index contributed by atoms with van der Waals surface area (Å²) < 4.78 is 11.2. The van der Waals surface area contributed by atoms with E-state index in [1.807, 2.05) is 47.4 Å². The molecule has 160 valence electrons. The lowest BCUT2D eigenvalue weighted by Gasteiger charge is -2.22. The van der Waals surface area contributed by atoms with Crippen LogP contribution in [0, 0.1) is 0 Å². The van der Waals surface area contributed by atoms with E-state index in [1.165, 1.54) is 0 Å². The average Bonchev–Trinajstić information content (AvgIpc) is 3.54. The third-order valence-corrected chi connectivity index (χ3v) is 5.82. The van der Waals surface area contributed by atoms with Crippen molar-refractivity contribution in [1.82, 2.24) is 15.1 Å². The van der Waals surface area contributed by atoms with Crippen LogP contribution in [0.4, 0.5) is 0 Å². The van der Waals surface area contributed by atoms with Gasteiger partial charge in [-0.15, -0.1) is 10.2 Å². The van der Waals surface area contributed by atoms with E-state index in [4.69, 9.17) is 9.15 Å². The van der Waals surface area contributed by atoms with Gasteiger partial charge in [0.25, 0.3) is 5.91 Å². The number of hydrogen-bond donors (Lipinski definition) is 0. The van der Waals surface area contributed by atoms with Crippen LogP contribution in [-0.2, 0) is 0 Å². The molecule has 0 saturated carbocycles. The molecular formula is C26H23N3O3. The van der Waals surface area contributed by atoms with Crippen LogP contribution < -0.4 is 4.74 Å². The minimum Gasteiger partial charge on any atom is -0.497 e. The lowest BCUT2D eigenvalue weighted by Crippen LogP contribution is -2.30. The van der Waals surface area contributed by atoms with Crippen LogP contribution in [0.25, 0.3) is 22.6 Å². The van der Waals surface area contributed by atoms with Crippen molar-refractivity contribution in [3.05, 3.63) is 90.3 Å². The maximum absolute atomic E-state index is 13.1. The molecule has 6 heteroatoms. The first-order valence-corrected chi connectivity index (χ1v) is 10.7. The highest BCUT2D eigenvalue weighted by atomic mass is 16.5. The SMILES string of the molecule is COc1ccc(C(=O)N2CCCC2c2nnc(-c3ccc(-c4ccccc4)cc3)o2)cc1. The summed E-state index contributed by atoms with van der Waals surface area (Å²) in [6.45, 7) is 0.666. The molecule has 0 N–H and O–H groups in total. The molecule has 5 rings (SSSR count). The first kappa shape index (κ1) is 20.0. The molecule has 32 heavy (non-hydrogen) atoms. The van der Waals surface area contributed by atoms with Gasteiger partial charge in [0.1, 0.15) is 11.8 Å². The molecule has 1 aliphatic heterocycles. The summed E-state index contributed by atoms with van der Waals surface area (Å²) in [7, 11) is 1.61. The summed E-state index contributed by atoms with van der Waals surface area (Å²) >= 11 is 0. The second kappa shape index (κ2) is 8.67. The average molecular weight is 425 g/mol. The molecule has 1 amide bonds. The van der Waals surface area contributed by atoms with Gasteiger partial charge in [-0.1, -0.05) is 42.5 Å². The van der Waals surface area contributed by atoms with Crippen molar-refractivity contribution in [3.8, 4) is 28.3 Å². The Morgan fingerprint density at radius 2 is 1.59 bits per heavy atom. The Kier molecular flexibility index (Phi) is 5.42. The topological polar surface area (TPSA) is 68.5 Å². The monoisotopic (exact) mass is 425 g/mol. The van der Waals surface area contributed by atoms with E-state index in [0.29, 0.717) is 23.9 Å². The lowest BCUT2D eigenvalue weighted by molar-refractivity contribution is 0.0716. The van der Waals surface area contributed by atoms with Gasteiger partial charge in [-0.25, -0.2) is 0 Å². The third kappa shape index (κ3) is 3.87. The number of ether oxygens (including phenoxy) is 1. The predicted octanol–water partition coefficient (Wildman–Crippen LogP) is 5.39. The Hall–Kier alpha value is -3.93. The van der Waals surface area contributed by atoms with Crippen LogP contribution in [0.3, 0.4) is 0 Å². The van der Waals surface area contributed by atoms with E-state index in [1.54, 1.807) is 31.4 Å². The van der Waals surface area contributed by atoms with Crippen molar-refractivity contribution >= 4 is 5.91 Å². The summed E-state index contributed by atoms with van der Waals surface area (Å²) in [5.41, 5.74) is 3.76. The van der Waals surface area contributed by atoms with E-state index < -0.39 is 0 Å². The van der Waals surface area contributed by atoms with Gasteiger partial charge in [0.15, 0.2) is 0 Å². The maximum Gasteiger partial charge on any atom is 0.254 e. The van der Waals surface area contributed by atoms with E-state index >= 15 is 0 Å². The molecule has 4 aromatic rings. The number of carbonyl (C=O) groups is 1. The molecule has 1 unspecified atom stereocenters. The van der Waals surface area contributed by atoms with Gasteiger partial charge in [0.2, 0.25) is 11.8 Å². The largest absolute Gasteiger partial charge is 0.497 e. The Morgan fingerprint density at radius 3 is 2.31 bits per heavy atom. The number of likely N-dealkylation sites (tertiary alicyclic amines) is 1. The molecular weight excluding hydrogens is 402 g/mol. The van der Waals surface area contributed by atoms with Crippen LogP contribution in [0.5, 0.6) is 5.75 Å². The van der Waals surface area contributed by atoms with Crippen LogP contribution in [0.15, 0.2) is 83.3 Å². The molecule has 1 fully saturated rings. The number of hydrogen-bond acceptors (Lipinski definition) is 5. The fourth-order valence-corrected chi connectivity index (χ4v) is 4.09. The van der Waals surface area contributed by atoms with E-state index in [2.05, 4.69) is 22.3 Å². The predicted molar refractivity (Wildman–Crippen MR) is 121 cm³/mol. The smallest absolute Gasteiger partial charge is 0.254 e. The highest BCUT2D eigenvalue weighted by Gasteiger charge is 2.34. The molecule has 0 aliphatic carbocycles. The van der Waals surface area contributed by atoms with E-state index in [0.717, 1.165) is 35.3 Å². The van der Waals surface area contributed by atoms with Crippen molar-refractivity contribution in [3.63, 3.8) is 0 Å². The second-order valence-corrected chi connectivity index (χ2v) is 7.77. The highest BCUT2D eigenvalue weighted by molar-refractivity contribution is 5.94. The van der Waals surface area contributed by atoms with Crippen molar-refractivity contribution < 1.29 is 13.9 Å². The van der Waals surface area contributed by atoms with Crippen LogP contribution in [-0.4, -0.2) is 34.7 Å². The van der Waals surface area contributed by atoms with Crippen molar-refractivity contribution in [2.24, 2.45) is 0 Å². The zero-order valence-corrected chi connectivity index (χ0v) is 17.8. The Bertz CT molecular complexity index is 1200. The summed E-state index contributed by atoms with van der Waals surface area (Å²) in [6, 6.07) is 25.2. The van der Waals surface area contributed by atoms with Crippen molar-refractivity contribution in [2.45, 2.75) is 18.9 Å². The molecule has 1 aromatic heterocycles. The zero-order valence-electron chi connectivity index (χ0n) is 17.8. The summed E-state index contributed by atoms with van der Waals surface area (Å²) in [5.74, 6) is 1.62. The maximum atomic E-state index is 13.1. The summed E-state index contributed by atoms with van der Waals surface area (Å²) in [6.07, 6.45) is 1.70. The van der Waals surface area contributed by atoms with Gasteiger partial charge < -0.3 is 14.1 Å². The molecule has 0 spiro atoms. The molecule has 0 bridgehead atoms. The molecule has 2 heterocycles. The molecule has 0 radical (unpaired) electrons. The third-order valence-electron chi connectivity index (χ3n) is 5.82. The summed E-state index contributed by atoms with van der Waals surface area (Å²) in [4.78, 5) is 14.9. The van der Waals surface area contributed by atoms with Gasteiger partial charge in [-0.2, -0.15) is 0 Å². The van der Waals surface area contributed by atoms with Crippen molar-refractivity contribution in [1.29, 1.82) is 0 Å². The number of carbonyl (C=O) groups excluding carboxylic acids is 1. The number of benzene rings is 3. The molecule has 1 aliphatic rings. The number of methoxy groups -OCH3 is 1. The summed E-state index contributed by atoms with van der Waals surface area (Å²) in [5, 5.41) is 8.53. The Morgan fingerprint density at radius 1 is 0.906 bits per heavy atom. The molecule has 1 saturated heterocycles. The molecule has 3 aromatic carbocycles. The fraction of sp³-hybridized carbons (Fsp3) is 0.192. The number of amides is 1. The highest BCUT2D eigenvalue weighted by Crippen LogP contribution is 2.34. The van der Waals surface area contributed by atoms with Gasteiger partial charge in [-0.3, -0.25) is 4.79 Å². The first-order chi connectivity index (χ1) is 15.7. The minimum absolute atomic E-state index is 0.0397. The van der Waals surface area contributed by atoms with Crippen LogP contribution in [0.2, 0.25) is 0 Å². The van der Waals surface area contributed by atoms with Gasteiger partial charge in [-0.05, 0) is 60.4 Å². The number of aromatic nitrogens is 2. The quantitative estimate of drug-likeness (QED) is 0.429. The van der Waals surface area contributed by atoms with Gasteiger partial charge in [0, 0.05) is 17.7 Å². The Balaban J connectivity index is 1.34. The lowest BCUT2D eigenvalue weighted by atomic mass is 10.0. The minimum atomic E-state index is -0.213. The van der Waals surface area contributed by atoms with Gasteiger partial charge >= 0.3 is 0 Å².